The van der Waals surface area contributed by atoms with Crippen LogP contribution < -0.4 is 5.32 Å². The molecule has 0 fully saturated rings. The van der Waals surface area contributed by atoms with Crippen molar-refractivity contribution in [1.29, 1.82) is 0 Å². The summed E-state index contributed by atoms with van der Waals surface area (Å²) in [6.07, 6.45) is -0.250. The lowest BCUT2D eigenvalue weighted by atomic mass is 9.72. The van der Waals surface area contributed by atoms with Crippen LogP contribution in [0.4, 0.5) is 5.69 Å². The Labute approximate surface area is 129 Å². The van der Waals surface area contributed by atoms with Gasteiger partial charge in [-0.05, 0) is 17.5 Å². The summed E-state index contributed by atoms with van der Waals surface area (Å²) < 4.78 is 5.69. The molecule has 0 saturated heterocycles. The summed E-state index contributed by atoms with van der Waals surface area (Å²) in [4.78, 5) is 12.8. The van der Waals surface area contributed by atoms with E-state index in [1.807, 2.05) is 24.3 Å². The second-order valence-electron chi connectivity index (χ2n) is 5.99. The Morgan fingerprint density at radius 1 is 1.24 bits per heavy atom. The molecule has 0 aliphatic carbocycles. The monoisotopic (exact) mass is 301 g/mol. The fourth-order valence-electron chi connectivity index (χ4n) is 3.03. The third-order valence-electron chi connectivity index (χ3n) is 4.07. The standard InChI is InChI=1S/C17H19NO2S/c1-11(19)20-16-12-7-4-5-8-13(12)18-15(17(16,2)3)14-9-6-10-21-14/h4-10,15-16,18H,1-3H3. The van der Waals surface area contributed by atoms with Crippen molar-refractivity contribution >= 4 is 23.0 Å². The summed E-state index contributed by atoms with van der Waals surface area (Å²) in [5.74, 6) is -0.241. The van der Waals surface area contributed by atoms with Crippen LogP contribution in [0.1, 0.15) is 43.4 Å². The van der Waals surface area contributed by atoms with Crippen molar-refractivity contribution in [2.75, 3.05) is 5.32 Å². The Morgan fingerprint density at radius 3 is 2.67 bits per heavy atom. The number of fused-ring (bicyclic) bond motifs is 1. The molecule has 2 aromatic rings. The molecule has 4 heteroatoms. The first kappa shape index (κ1) is 14.1. The summed E-state index contributed by atoms with van der Waals surface area (Å²) in [7, 11) is 0. The van der Waals surface area contributed by atoms with Crippen LogP contribution in [-0.4, -0.2) is 5.97 Å². The Hall–Kier alpha value is -1.81. The zero-order chi connectivity index (χ0) is 15.0. The van der Waals surface area contributed by atoms with Gasteiger partial charge in [-0.2, -0.15) is 0 Å². The zero-order valence-electron chi connectivity index (χ0n) is 12.4. The smallest absolute Gasteiger partial charge is 0.303 e. The van der Waals surface area contributed by atoms with Crippen LogP contribution in [0.2, 0.25) is 0 Å². The van der Waals surface area contributed by atoms with Gasteiger partial charge < -0.3 is 10.1 Å². The van der Waals surface area contributed by atoms with Gasteiger partial charge in [-0.3, -0.25) is 4.79 Å². The fourth-order valence-corrected chi connectivity index (χ4v) is 4.00. The van der Waals surface area contributed by atoms with E-state index in [1.165, 1.54) is 11.8 Å². The predicted octanol–water partition coefficient (Wildman–Crippen LogP) is 4.55. The quantitative estimate of drug-likeness (QED) is 0.827. The number of carbonyl (C=O) groups excluding carboxylic acids is 1. The van der Waals surface area contributed by atoms with Crippen molar-refractivity contribution in [1.82, 2.24) is 0 Å². The molecule has 0 radical (unpaired) electrons. The molecule has 0 bridgehead atoms. The third-order valence-corrected chi connectivity index (χ3v) is 5.01. The van der Waals surface area contributed by atoms with Gasteiger partial charge in [0, 0.05) is 28.5 Å². The van der Waals surface area contributed by atoms with Crippen molar-refractivity contribution in [3.05, 3.63) is 52.2 Å². The molecule has 1 N–H and O–H groups in total. The molecule has 1 aromatic heterocycles. The van der Waals surface area contributed by atoms with E-state index in [1.54, 1.807) is 11.3 Å². The number of hydrogen-bond acceptors (Lipinski definition) is 4. The van der Waals surface area contributed by atoms with Gasteiger partial charge in [0.2, 0.25) is 0 Å². The highest BCUT2D eigenvalue weighted by Gasteiger charge is 2.46. The molecule has 2 atom stereocenters. The number of rotatable bonds is 2. The number of hydrogen-bond donors (Lipinski definition) is 1. The minimum atomic E-state index is -0.250. The first-order chi connectivity index (χ1) is 10.00. The van der Waals surface area contributed by atoms with Crippen molar-refractivity contribution in [2.45, 2.75) is 32.9 Å². The van der Waals surface area contributed by atoms with Crippen LogP contribution >= 0.6 is 11.3 Å². The highest BCUT2D eigenvalue weighted by Crippen LogP contribution is 2.53. The fraction of sp³-hybridized carbons (Fsp3) is 0.353. The maximum Gasteiger partial charge on any atom is 0.303 e. The predicted molar refractivity (Wildman–Crippen MR) is 85.4 cm³/mol. The van der Waals surface area contributed by atoms with Crippen molar-refractivity contribution in [3.8, 4) is 0 Å². The number of benzene rings is 1. The maximum atomic E-state index is 11.6. The Bertz CT molecular complexity index is 649. The highest BCUT2D eigenvalue weighted by atomic mass is 32.1. The number of carbonyl (C=O) groups is 1. The van der Waals surface area contributed by atoms with Gasteiger partial charge in [-0.15, -0.1) is 11.3 Å². The van der Waals surface area contributed by atoms with Crippen LogP contribution in [-0.2, 0) is 9.53 Å². The van der Waals surface area contributed by atoms with E-state index in [9.17, 15) is 4.79 Å². The van der Waals surface area contributed by atoms with Gasteiger partial charge in [0.25, 0.3) is 0 Å². The first-order valence-electron chi connectivity index (χ1n) is 7.06. The molecule has 0 spiro atoms. The lowest BCUT2D eigenvalue weighted by Gasteiger charge is -2.45. The largest absolute Gasteiger partial charge is 0.457 e. The summed E-state index contributed by atoms with van der Waals surface area (Å²) >= 11 is 1.72. The Balaban J connectivity index is 2.10. The second-order valence-corrected chi connectivity index (χ2v) is 6.97. The minimum Gasteiger partial charge on any atom is -0.457 e. The van der Waals surface area contributed by atoms with Crippen molar-refractivity contribution in [3.63, 3.8) is 0 Å². The summed E-state index contributed by atoms with van der Waals surface area (Å²) in [6.45, 7) is 5.77. The van der Waals surface area contributed by atoms with Crippen LogP contribution in [0.5, 0.6) is 0 Å². The van der Waals surface area contributed by atoms with E-state index in [0.717, 1.165) is 11.3 Å². The lowest BCUT2D eigenvalue weighted by molar-refractivity contribution is -0.154. The van der Waals surface area contributed by atoms with E-state index in [-0.39, 0.29) is 23.5 Å². The molecule has 110 valence electrons. The van der Waals surface area contributed by atoms with E-state index >= 15 is 0 Å². The number of esters is 1. The maximum absolute atomic E-state index is 11.6. The molecule has 2 heterocycles. The second kappa shape index (κ2) is 5.19. The van der Waals surface area contributed by atoms with E-state index in [2.05, 4.69) is 36.7 Å². The van der Waals surface area contributed by atoms with Crippen LogP contribution in [0.3, 0.4) is 0 Å². The zero-order valence-corrected chi connectivity index (χ0v) is 13.2. The van der Waals surface area contributed by atoms with Gasteiger partial charge in [-0.25, -0.2) is 0 Å². The van der Waals surface area contributed by atoms with Gasteiger partial charge >= 0.3 is 5.97 Å². The molecule has 3 rings (SSSR count). The van der Waals surface area contributed by atoms with Gasteiger partial charge in [0.1, 0.15) is 6.10 Å². The number of thiophene rings is 1. The molecule has 1 aliphatic rings. The molecule has 3 nitrogen and oxygen atoms in total. The third kappa shape index (κ3) is 2.44. The molecule has 1 aliphatic heterocycles. The topological polar surface area (TPSA) is 38.3 Å². The van der Waals surface area contributed by atoms with E-state index in [0.29, 0.717) is 0 Å². The van der Waals surface area contributed by atoms with Crippen LogP contribution in [0.15, 0.2) is 41.8 Å². The Morgan fingerprint density at radius 2 is 2.00 bits per heavy atom. The molecule has 0 amide bonds. The molecular formula is C17H19NO2S. The summed E-state index contributed by atoms with van der Waals surface area (Å²) in [5, 5.41) is 5.69. The molecule has 0 saturated carbocycles. The molecule has 1 aromatic carbocycles. The Kier molecular flexibility index (Phi) is 3.49. The van der Waals surface area contributed by atoms with Gasteiger partial charge in [-0.1, -0.05) is 38.1 Å². The van der Waals surface area contributed by atoms with Gasteiger partial charge in [0.15, 0.2) is 0 Å². The normalized spacial score (nSPS) is 23.0. The number of nitrogens with one attached hydrogen (secondary N) is 1. The summed E-state index contributed by atoms with van der Waals surface area (Å²) in [5.41, 5.74) is 1.86. The van der Waals surface area contributed by atoms with Crippen LogP contribution in [0.25, 0.3) is 0 Å². The highest BCUT2D eigenvalue weighted by molar-refractivity contribution is 7.10. The molecular weight excluding hydrogens is 282 g/mol. The first-order valence-corrected chi connectivity index (χ1v) is 7.94. The lowest BCUT2D eigenvalue weighted by Crippen LogP contribution is -2.40. The van der Waals surface area contributed by atoms with Crippen LogP contribution in [0, 0.1) is 5.41 Å². The molecule has 2 unspecified atom stereocenters. The van der Waals surface area contributed by atoms with Crippen molar-refractivity contribution < 1.29 is 9.53 Å². The number of anilines is 1. The molecule has 21 heavy (non-hydrogen) atoms. The van der Waals surface area contributed by atoms with E-state index in [4.69, 9.17) is 4.74 Å². The van der Waals surface area contributed by atoms with Crippen molar-refractivity contribution in [2.24, 2.45) is 5.41 Å². The minimum absolute atomic E-state index is 0.122. The van der Waals surface area contributed by atoms with Gasteiger partial charge in [0.05, 0.1) is 6.04 Å². The number of para-hydroxylation sites is 1. The average Bonchev–Trinajstić information content (AvgIpc) is 2.95. The van der Waals surface area contributed by atoms with E-state index < -0.39 is 0 Å². The summed E-state index contributed by atoms with van der Waals surface area (Å²) in [6, 6.07) is 12.4. The average molecular weight is 301 g/mol. The number of ether oxygens (including phenoxy) is 1. The SMILES string of the molecule is CC(=O)OC1c2ccccc2NC(c2cccs2)C1(C)C.